The van der Waals surface area contributed by atoms with Crippen LogP contribution in [0.4, 0.5) is 0 Å². The maximum atomic E-state index is 11.5. The fourth-order valence-corrected chi connectivity index (χ4v) is 6.81. The minimum atomic E-state index is -0.606. The van der Waals surface area contributed by atoms with Gasteiger partial charge in [-0.25, -0.2) is 0 Å². The Bertz CT molecular complexity index is 567. The van der Waals surface area contributed by atoms with Crippen LogP contribution in [-0.2, 0) is 14.3 Å². The number of ether oxygens (including phenoxy) is 2. The molecule has 0 aromatic rings. The van der Waals surface area contributed by atoms with E-state index in [9.17, 15) is 20.1 Å². The predicted octanol–water partition coefficient (Wildman–Crippen LogP) is 1.25. The minimum absolute atomic E-state index is 0.0482. The lowest BCUT2D eigenvalue weighted by atomic mass is 9.50. The lowest BCUT2D eigenvalue weighted by molar-refractivity contribution is -0.262. The van der Waals surface area contributed by atoms with Gasteiger partial charge in [0.2, 0.25) is 0 Å². The molecule has 1 saturated heterocycles. The van der Waals surface area contributed by atoms with Crippen molar-refractivity contribution in [1.29, 1.82) is 0 Å². The highest BCUT2D eigenvalue weighted by Gasteiger charge is 2.65. The SMILES string of the molecule is CC(=O)O[C@H]1CCC2C3C(O)CC4C[C@@H](O)CC[C@]4(C)C3OC[C@@]21CO. The molecule has 1 aliphatic heterocycles. The van der Waals surface area contributed by atoms with E-state index in [2.05, 4.69) is 6.92 Å². The molecular weight excluding hydrogens is 336 g/mol. The number of hydrogen-bond donors (Lipinski definition) is 3. The topological polar surface area (TPSA) is 96.2 Å². The van der Waals surface area contributed by atoms with E-state index in [1.807, 2.05) is 0 Å². The van der Waals surface area contributed by atoms with E-state index in [0.29, 0.717) is 19.4 Å². The zero-order valence-electron chi connectivity index (χ0n) is 15.8. The van der Waals surface area contributed by atoms with Gasteiger partial charge < -0.3 is 24.8 Å². The van der Waals surface area contributed by atoms with E-state index in [4.69, 9.17) is 9.47 Å². The van der Waals surface area contributed by atoms with E-state index < -0.39 is 11.5 Å². The van der Waals surface area contributed by atoms with Gasteiger partial charge in [0.1, 0.15) is 6.10 Å². The van der Waals surface area contributed by atoms with Crippen molar-refractivity contribution in [3.8, 4) is 0 Å². The summed E-state index contributed by atoms with van der Waals surface area (Å²) in [6, 6.07) is 0. The van der Waals surface area contributed by atoms with Gasteiger partial charge in [0, 0.05) is 12.8 Å². The summed E-state index contributed by atoms with van der Waals surface area (Å²) in [5.74, 6) is -0.0268. The molecule has 6 nitrogen and oxygen atoms in total. The third-order valence-electron chi connectivity index (χ3n) is 8.19. The quantitative estimate of drug-likeness (QED) is 0.635. The second-order valence-corrected chi connectivity index (χ2v) is 9.42. The monoisotopic (exact) mass is 368 g/mol. The number of aliphatic hydroxyl groups excluding tert-OH is 3. The number of hydrogen-bond acceptors (Lipinski definition) is 6. The van der Waals surface area contributed by atoms with Crippen molar-refractivity contribution >= 4 is 5.97 Å². The summed E-state index contributed by atoms with van der Waals surface area (Å²) in [6.07, 6.45) is 3.44. The molecule has 0 amide bonds. The van der Waals surface area contributed by atoms with Crippen molar-refractivity contribution in [3.63, 3.8) is 0 Å². The van der Waals surface area contributed by atoms with Crippen LogP contribution in [-0.4, -0.2) is 58.9 Å². The van der Waals surface area contributed by atoms with Crippen molar-refractivity contribution in [1.82, 2.24) is 0 Å². The number of carbonyl (C=O) groups excluding carboxylic acids is 1. The first-order valence-corrected chi connectivity index (χ1v) is 10.1. The molecule has 0 aromatic heterocycles. The third kappa shape index (κ3) is 2.56. The summed E-state index contributed by atoms with van der Waals surface area (Å²) in [5, 5.41) is 31.4. The van der Waals surface area contributed by atoms with E-state index in [1.54, 1.807) is 0 Å². The van der Waals surface area contributed by atoms with Crippen molar-refractivity contribution < 1.29 is 29.6 Å². The van der Waals surface area contributed by atoms with Crippen LogP contribution < -0.4 is 0 Å². The molecule has 4 fully saturated rings. The molecule has 3 N–H and O–H groups in total. The van der Waals surface area contributed by atoms with Crippen LogP contribution in [0.25, 0.3) is 0 Å². The van der Waals surface area contributed by atoms with Gasteiger partial charge >= 0.3 is 5.97 Å². The van der Waals surface area contributed by atoms with Crippen LogP contribution in [0.1, 0.15) is 52.4 Å². The zero-order valence-corrected chi connectivity index (χ0v) is 15.8. The minimum Gasteiger partial charge on any atom is -0.462 e. The molecule has 1 heterocycles. The maximum absolute atomic E-state index is 11.5. The highest BCUT2D eigenvalue weighted by Crippen LogP contribution is 2.62. The van der Waals surface area contributed by atoms with Crippen LogP contribution in [0.15, 0.2) is 0 Å². The summed E-state index contributed by atoms with van der Waals surface area (Å²) in [7, 11) is 0. The average Bonchev–Trinajstić information content (AvgIpc) is 2.95. The van der Waals surface area contributed by atoms with Crippen molar-refractivity contribution in [2.75, 3.05) is 13.2 Å². The molecule has 0 bridgehead atoms. The van der Waals surface area contributed by atoms with Crippen molar-refractivity contribution in [3.05, 3.63) is 0 Å². The fraction of sp³-hybridized carbons (Fsp3) is 0.950. The van der Waals surface area contributed by atoms with Gasteiger partial charge in [-0.1, -0.05) is 6.92 Å². The molecule has 26 heavy (non-hydrogen) atoms. The Morgan fingerprint density at radius 1 is 1.23 bits per heavy atom. The second kappa shape index (κ2) is 6.43. The Morgan fingerprint density at radius 3 is 2.69 bits per heavy atom. The molecular formula is C20H32O6. The number of aliphatic hydroxyl groups is 3. The first-order chi connectivity index (χ1) is 12.3. The largest absolute Gasteiger partial charge is 0.462 e. The molecule has 0 radical (unpaired) electrons. The first kappa shape index (κ1) is 18.7. The second-order valence-electron chi connectivity index (χ2n) is 9.42. The summed E-state index contributed by atoms with van der Waals surface area (Å²) in [6.45, 7) is 3.92. The van der Waals surface area contributed by atoms with Gasteiger partial charge in [0.15, 0.2) is 0 Å². The predicted molar refractivity (Wildman–Crippen MR) is 93.1 cm³/mol. The summed E-state index contributed by atoms with van der Waals surface area (Å²) in [4.78, 5) is 11.5. The fourth-order valence-electron chi connectivity index (χ4n) is 6.81. The number of carbonyl (C=O) groups is 1. The standard InChI is InChI=1S/C20H32O6/c1-11(22)26-16-4-3-14-17-15(24)8-12-7-13(23)5-6-19(12,2)18(17)25-10-20(14,16)9-21/h12-18,21,23-24H,3-10H2,1-2H3/t12?,13-,14?,15?,16-,17?,18?,19-,20-/m0/s1. The maximum Gasteiger partial charge on any atom is 0.302 e. The van der Waals surface area contributed by atoms with Gasteiger partial charge in [0.25, 0.3) is 0 Å². The molecule has 148 valence electrons. The molecule has 4 rings (SSSR count). The van der Waals surface area contributed by atoms with Crippen LogP contribution in [0.5, 0.6) is 0 Å². The lowest BCUT2D eigenvalue weighted by Crippen LogP contribution is -2.65. The molecule has 9 atom stereocenters. The Kier molecular flexibility index (Phi) is 4.62. The van der Waals surface area contributed by atoms with Crippen molar-refractivity contribution in [2.24, 2.45) is 28.6 Å². The molecule has 0 spiro atoms. The molecule has 4 aliphatic rings. The van der Waals surface area contributed by atoms with Crippen LogP contribution in [0.3, 0.4) is 0 Å². The first-order valence-electron chi connectivity index (χ1n) is 10.1. The van der Waals surface area contributed by atoms with Gasteiger partial charge in [-0.3, -0.25) is 4.79 Å². The van der Waals surface area contributed by atoms with Crippen LogP contribution in [0, 0.1) is 28.6 Å². The Hall–Kier alpha value is -0.690. The molecule has 3 saturated carbocycles. The highest BCUT2D eigenvalue weighted by molar-refractivity contribution is 5.66. The number of esters is 1. The third-order valence-corrected chi connectivity index (χ3v) is 8.19. The highest BCUT2D eigenvalue weighted by atomic mass is 16.5. The van der Waals surface area contributed by atoms with E-state index in [0.717, 1.165) is 25.7 Å². The van der Waals surface area contributed by atoms with Gasteiger partial charge in [0.05, 0.1) is 36.9 Å². The van der Waals surface area contributed by atoms with Crippen LogP contribution >= 0.6 is 0 Å². The number of rotatable bonds is 2. The van der Waals surface area contributed by atoms with Gasteiger partial charge in [-0.2, -0.15) is 0 Å². The van der Waals surface area contributed by atoms with E-state index >= 15 is 0 Å². The van der Waals surface area contributed by atoms with Gasteiger partial charge in [-0.15, -0.1) is 0 Å². The van der Waals surface area contributed by atoms with Crippen molar-refractivity contribution in [2.45, 2.75) is 76.8 Å². The lowest BCUT2D eigenvalue weighted by Gasteiger charge is -2.61. The number of fused-ring (bicyclic) bond motifs is 5. The van der Waals surface area contributed by atoms with E-state index in [1.165, 1.54) is 6.92 Å². The molecule has 5 unspecified atom stereocenters. The summed E-state index contributed by atoms with van der Waals surface area (Å²) in [5.41, 5.74) is -0.657. The summed E-state index contributed by atoms with van der Waals surface area (Å²) < 4.78 is 11.9. The smallest absolute Gasteiger partial charge is 0.302 e. The Balaban J connectivity index is 1.65. The van der Waals surface area contributed by atoms with Crippen LogP contribution in [0.2, 0.25) is 0 Å². The molecule has 6 heteroatoms. The van der Waals surface area contributed by atoms with Gasteiger partial charge in [-0.05, 0) is 55.8 Å². The van der Waals surface area contributed by atoms with E-state index in [-0.39, 0.29) is 54.1 Å². The normalized spacial score (nSPS) is 53.3. The molecule has 3 aliphatic carbocycles. The Labute approximate surface area is 154 Å². The molecule has 0 aromatic carbocycles. The zero-order chi connectivity index (χ0) is 18.7. The summed E-state index contributed by atoms with van der Waals surface area (Å²) >= 11 is 0. The average molecular weight is 368 g/mol. The Morgan fingerprint density at radius 2 is 2.00 bits per heavy atom.